The van der Waals surface area contributed by atoms with Crippen molar-refractivity contribution in [1.82, 2.24) is 4.98 Å². The highest BCUT2D eigenvalue weighted by Gasteiger charge is 2.04. The molecule has 1 heterocycles. The quantitative estimate of drug-likeness (QED) is 0.744. The van der Waals surface area contributed by atoms with Crippen LogP contribution in [0, 0.1) is 0 Å². The fraction of sp³-hybridized carbons (Fsp3) is 0.250. The normalized spacial score (nSPS) is 11.1. The molecule has 0 radical (unpaired) electrons. The van der Waals surface area contributed by atoms with Gasteiger partial charge in [0, 0.05) is 11.1 Å². The summed E-state index contributed by atoms with van der Waals surface area (Å²) in [5.41, 5.74) is 1.71. The van der Waals surface area contributed by atoms with E-state index in [1.807, 2.05) is 24.3 Å². The molecular weight excluding hydrogens is 174 g/mol. The smallest absolute Gasteiger partial charge is 0.141 e. The number of para-hydroxylation sites is 1. The maximum absolute atomic E-state index is 9.61. The van der Waals surface area contributed by atoms with E-state index in [0.717, 1.165) is 11.1 Å². The zero-order valence-corrected chi connectivity index (χ0v) is 8.36. The highest BCUT2D eigenvalue weighted by atomic mass is 16.3. The predicted octanol–water partition coefficient (Wildman–Crippen LogP) is 3.06. The average molecular weight is 187 g/mol. The summed E-state index contributed by atoms with van der Waals surface area (Å²) in [6.45, 7) is 4.18. The molecule has 0 aliphatic rings. The highest BCUT2D eigenvalue weighted by Crippen LogP contribution is 2.24. The molecule has 0 saturated heterocycles. The van der Waals surface area contributed by atoms with Gasteiger partial charge in [0.2, 0.25) is 0 Å². The van der Waals surface area contributed by atoms with E-state index >= 15 is 0 Å². The number of hydrogen-bond donors (Lipinski definition) is 1. The molecule has 0 spiro atoms. The molecule has 0 aliphatic heterocycles. The molecule has 1 aromatic heterocycles. The number of nitrogens with zero attached hydrogens (tertiary/aromatic N) is 1. The Hall–Kier alpha value is -1.57. The molecule has 0 aliphatic carbocycles. The van der Waals surface area contributed by atoms with Crippen molar-refractivity contribution in [2.45, 2.75) is 19.8 Å². The van der Waals surface area contributed by atoms with Gasteiger partial charge in [0.05, 0.1) is 0 Å². The van der Waals surface area contributed by atoms with Gasteiger partial charge in [-0.05, 0) is 18.1 Å². The van der Waals surface area contributed by atoms with Gasteiger partial charge in [0.1, 0.15) is 11.3 Å². The third-order valence-corrected chi connectivity index (χ3v) is 2.31. The first-order chi connectivity index (χ1) is 6.68. The van der Waals surface area contributed by atoms with Crippen LogP contribution in [-0.2, 0) is 0 Å². The molecule has 0 fully saturated rings. The third-order valence-electron chi connectivity index (χ3n) is 2.31. The molecule has 0 saturated carbocycles. The van der Waals surface area contributed by atoms with Crippen molar-refractivity contribution in [1.29, 1.82) is 0 Å². The Morgan fingerprint density at radius 1 is 1.14 bits per heavy atom. The first-order valence-corrected chi connectivity index (χ1v) is 4.77. The lowest BCUT2D eigenvalue weighted by Crippen LogP contribution is -1.92. The van der Waals surface area contributed by atoms with Gasteiger partial charge in [0.15, 0.2) is 0 Å². The fourth-order valence-electron chi connectivity index (χ4n) is 1.47. The van der Waals surface area contributed by atoms with Crippen molar-refractivity contribution in [3.05, 3.63) is 36.0 Å². The minimum Gasteiger partial charge on any atom is -0.506 e. The highest BCUT2D eigenvalue weighted by molar-refractivity contribution is 5.84. The maximum Gasteiger partial charge on any atom is 0.141 e. The van der Waals surface area contributed by atoms with E-state index in [1.165, 1.54) is 0 Å². The Morgan fingerprint density at radius 2 is 1.93 bits per heavy atom. The maximum atomic E-state index is 9.61. The standard InChI is InChI=1S/C12H13NO/c1-8(2)10-7-6-9-4-3-5-11(14)12(9)13-10/h3-8,14H,1-2H3. The zero-order valence-electron chi connectivity index (χ0n) is 8.36. The Morgan fingerprint density at radius 3 is 2.64 bits per heavy atom. The first-order valence-electron chi connectivity index (χ1n) is 4.77. The van der Waals surface area contributed by atoms with Gasteiger partial charge < -0.3 is 5.11 Å². The third kappa shape index (κ3) is 1.43. The largest absolute Gasteiger partial charge is 0.506 e. The second-order valence-corrected chi connectivity index (χ2v) is 3.74. The molecular formula is C12H13NO. The van der Waals surface area contributed by atoms with Gasteiger partial charge in [-0.1, -0.05) is 32.0 Å². The summed E-state index contributed by atoms with van der Waals surface area (Å²) in [6, 6.07) is 9.45. The first kappa shape index (κ1) is 9.00. The number of benzene rings is 1. The van der Waals surface area contributed by atoms with Crippen LogP contribution in [0.2, 0.25) is 0 Å². The monoisotopic (exact) mass is 187 g/mol. The summed E-state index contributed by atoms with van der Waals surface area (Å²) in [5, 5.41) is 10.6. The van der Waals surface area contributed by atoms with E-state index in [-0.39, 0.29) is 5.75 Å². The van der Waals surface area contributed by atoms with Crippen LogP contribution in [0.15, 0.2) is 30.3 Å². The average Bonchev–Trinajstić information content (AvgIpc) is 2.18. The molecule has 0 unspecified atom stereocenters. The molecule has 1 aromatic carbocycles. The molecule has 14 heavy (non-hydrogen) atoms. The molecule has 1 N–H and O–H groups in total. The molecule has 2 nitrogen and oxygen atoms in total. The van der Waals surface area contributed by atoms with Crippen LogP contribution in [0.1, 0.15) is 25.5 Å². The zero-order chi connectivity index (χ0) is 10.1. The minimum absolute atomic E-state index is 0.255. The van der Waals surface area contributed by atoms with E-state index in [2.05, 4.69) is 18.8 Å². The SMILES string of the molecule is CC(C)c1ccc2cccc(O)c2n1. The van der Waals surface area contributed by atoms with Crippen molar-refractivity contribution >= 4 is 10.9 Å². The van der Waals surface area contributed by atoms with Crippen molar-refractivity contribution in [2.75, 3.05) is 0 Å². The summed E-state index contributed by atoms with van der Waals surface area (Å²) in [4.78, 5) is 4.42. The van der Waals surface area contributed by atoms with Gasteiger partial charge >= 0.3 is 0 Å². The van der Waals surface area contributed by atoms with Crippen molar-refractivity contribution in [2.24, 2.45) is 0 Å². The fourth-order valence-corrected chi connectivity index (χ4v) is 1.47. The number of hydrogen-bond acceptors (Lipinski definition) is 2. The number of pyridine rings is 1. The summed E-state index contributed by atoms with van der Waals surface area (Å²) in [5.74, 6) is 0.643. The van der Waals surface area contributed by atoms with Gasteiger partial charge in [-0.15, -0.1) is 0 Å². The van der Waals surface area contributed by atoms with Crippen LogP contribution in [0.4, 0.5) is 0 Å². The lowest BCUT2D eigenvalue weighted by Gasteiger charge is -2.06. The van der Waals surface area contributed by atoms with E-state index in [1.54, 1.807) is 6.07 Å². The number of aromatic hydroxyl groups is 1. The lowest BCUT2D eigenvalue weighted by atomic mass is 10.1. The van der Waals surface area contributed by atoms with Crippen LogP contribution in [-0.4, -0.2) is 10.1 Å². The van der Waals surface area contributed by atoms with E-state index in [0.29, 0.717) is 11.4 Å². The van der Waals surface area contributed by atoms with Gasteiger partial charge in [-0.3, -0.25) is 0 Å². The summed E-state index contributed by atoms with van der Waals surface area (Å²) in [6.07, 6.45) is 0. The Bertz CT molecular complexity index is 463. The van der Waals surface area contributed by atoms with Crippen LogP contribution in [0.3, 0.4) is 0 Å². The van der Waals surface area contributed by atoms with Gasteiger partial charge in [-0.2, -0.15) is 0 Å². The summed E-state index contributed by atoms with van der Waals surface area (Å²) < 4.78 is 0. The molecule has 2 aromatic rings. The lowest BCUT2D eigenvalue weighted by molar-refractivity contribution is 0.480. The van der Waals surface area contributed by atoms with Crippen molar-refractivity contribution < 1.29 is 5.11 Å². The molecule has 2 heteroatoms. The Kier molecular flexibility index (Phi) is 2.12. The number of fused-ring (bicyclic) bond motifs is 1. The summed E-state index contributed by atoms with van der Waals surface area (Å²) in [7, 11) is 0. The van der Waals surface area contributed by atoms with Crippen molar-refractivity contribution in [3.8, 4) is 5.75 Å². The van der Waals surface area contributed by atoms with E-state index in [4.69, 9.17) is 0 Å². The molecule has 0 atom stereocenters. The van der Waals surface area contributed by atoms with Gasteiger partial charge in [0.25, 0.3) is 0 Å². The van der Waals surface area contributed by atoms with Crippen LogP contribution >= 0.6 is 0 Å². The van der Waals surface area contributed by atoms with Crippen LogP contribution < -0.4 is 0 Å². The van der Waals surface area contributed by atoms with E-state index in [9.17, 15) is 5.11 Å². The van der Waals surface area contributed by atoms with Crippen molar-refractivity contribution in [3.63, 3.8) is 0 Å². The Labute approximate surface area is 83.2 Å². The number of aromatic nitrogens is 1. The second-order valence-electron chi connectivity index (χ2n) is 3.74. The van der Waals surface area contributed by atoms with Gasteiger partial charge in [-0.25, -0.2) is 4.98 Å². The number of phenolic OH excluding ortho intramolecular Hbond substituents is 1. The van der Waals surface area contributed by atoms with E-state index < -0.39 is 0 Å². The molecule has 0 amide bonds. The molecule has 0 bridgehead atoms. The minimum atomic E-state index is 0.255. The molecule has 72 valence electrons. The number of rotatable bonds is 1. The summed E-state index contributed by atoms with van der Waals surface area (Å²) >= 11 is 0. The Balaban J connectivity index is 2.70. The van der Waals surface area contributed by atoms with Crippen LogP contribution in [0.5, 0.6) is 5.75 Å². The second kappa shape index (κ2) is 3.29. The predicted molar refractivity (Wildman–Crippen MR) is 57.5 cm³/mol. The topological polar surface area (TPSA) is 33.1 Å². The molecule has 2 rings (SSSR count). The number of phenols is 1. The van der Waals surface area contributed by atoms with Crippen LogP contribution in [0.25, 0.3) is 10.9 Å².